The summed E-state index contributed by atoms with van der Waals surface area (Å²) in [4.78, 5) is 21.7. The molecule has 0 aromatic carbocycles. The summed E-state index contributed by atoms with van der Waals surface area (Å²) in [5, 5.41) is 11.0. The Morgan fingerprint density at radius 1 is 1.16 bits per heavy atom. The number of anilines is 1. The monoisotopic (exact) mass is 353 g/mol. The first-order chi connectivity index (χ1) is 12.2. The quantitative estimate of drug-likeness (QED) is 0.584. The van der Waals surface area contributed by atoms with Crippen molar-refractivity contribution in [2.75, 3.05) is 11.9 Å². The van der Waals surface area contributed by atoms with Gasteiger partial charge in [-0.15, -0.1) is 11.3 Å². The van der Waals surface area contributed by atoms with Gasteiger partial charge < -0.3 is 9.84 Å². The van der Waals surface area contributed by atoms with Crippen molar-refractivity contribution in [1.29, 1.82) is 0 Å². The summed E-state index contributed by atoms with van der Waals surface area (Å²) in [6.45, 7) is 4.40. The van der Waals surface area contributed by atoms with Gasteiger partial charge in [-0.1, -0.05) is 5.16 Å². The molecule has 0 amide bonds. The van der Waals surface area contributed by atoms with Gasteiger partial charge in [0.15, 0.2) is 0 Å². The molecule has 0 aliphatic heterocycles. The molecule has 4 rings (SSSR count). The maximum atomic E-state index is 5.22. The molecule has 0 unspecified atom stereocenters. The lowest BCUT2D eigenvalue weighted by Crippen LogP contribution is -2.08. The Labute approximate surface area is 147 Å². The van der Waals surface area contributed by atoms with Crippen molar-refractivity contribution >= 4 is 28.3 Å². The van der Waals surface area contributed by atoms with Gasteiger partial charge in [0.1, 0.15) is 27.7 Å². The predicted molar refractivity (Wildman–Crippen MR) is 94.4 cm³/mol. The average Bonchev–Trinajstić information content (AvgIpc) is 3.23. The number of thiazole rings is 1. The highest BCUT2D eigenvalue weighted by molar-refractivity contribution is 7.13. The van der Waals surface area contributed by atoms with Gasteiger partial charge in [0.05, 0.1) is 17.6 Å². The van der Waals surface area contributed by atoms with E-state index in [0.29, 0.717) is 18.1 Å². The first-order valence-corrected chi connectivity index (χ1v) is 8.64. The maximum Gasteiger partial charge on any atom is 0.263 e. The molecule has 4 aromatic heterocycles. The summed E-state index contributed by atoms with van der Waals surface area (Å²) < 4.78 is 5.22. The number of nitrogens with zero attached hydrogens (tertiary/aromatic N) is 6. The molecular formula is C16H15N7OS. The van der Waals surface area contributed by atoms with Crippen molar-refractivity contribution in [1.82, 2.24) is 30.1 Å². The van der Waals surface area contributed by atoms with Crippen LogP contribution in [-0.4, -0.2) is 36.6 Å². The summed E-state index contributed by atoms with van der Waals surface area (Å²) in [5.41, 5.74) is 3.07. The molecule has 1 N–H and O–H groups in total. The van der Waals surface area contributed by atoms with Crippen molar-refractivity contribution in [3.05, 3.63) is 41.2 Å². The minimum Gasteiger partial charge on any atom is -0.369 e. The van der Waals surface area contributed by atoms with Gasteiger partial charge in [-0.25, -0.2) is 9.97 Å². The molecule has 0 fully saturated rings. The molecule has 25 heavy (non-hydrogen) atoms. The Bertz CT molecular complexity index is 1010. The Morgan fingerprint density at radius 2 is 2.08 bits per heavy atom. The SMILES string of the molecule is Cc1nc(NCCc2csc(-c3cnccn3)n2)c2c(C)noc2n1. The number of aromatic nitrogens is 6. The summed E-state index contributed by atoms with van der Waals surface area (Å²) in [6, 6.07) is 0. The lowest BCUT2D eigenvalue weighted by atomic mass is 10.3. The minimum atomic E-state index is 0.506. The molecule has 0 bridgehead atoms. The van der Waals surface area contributed by atoms with Crippen molar-refractivity contribution in [2.24, 2.45) is 0 Å². The largest absolute Gasteiger partial charge is 0.369 e. The number of hydrogen-bond donors (Lipinski definition) is 1. The van der Waals surface area contributed by atoms with Gasteiger partial charge in [-0.3, -0.25) is 9.97 Å². The standard InChI is InChI=1S/C16H15N7OS/c1-9-13-14(20-10(2)21-15(13)24-23-9)19-4-3-11-8-25-16(22-11)12-7-17-5-6-18-12/h5-8H,3-4H2,1-2H3,(H,19,20,21). The highest BCUT2D eigenvalue weighted by atomic mass is 32.1. The van der Waals surface area contributed by atoms with Gasteiger partial charge >= 0.3 is 0 Å². The van der Waals surface area contributed by atoms with E-state index in [-0.39, 0.29) is 0 Å². The van der Waals surface area contributed by atoms with Crippen LogP contribution in [-0.2, 0) is 6.42 Å². The van der Waals surface area contributed by atoms with E-state index in [1.807, 2.05) is 19.2 Å². The number of fused-ring (bicyclic) bond motifs is 1. The lowest BCUT2D eigenvalue weighted by Gasteiger charge is -2.06. The van der Waals surface area contributed by atoms with Gasteiger partial charge in [-0.2, -0.15) is 4.98 Å². The van der Waals surface area contributed by atoms with Crippen LogP contribution in [0.3, 0.4) is 0 Å². The smallest absolute Gasteiger partial charge is 0.263 e. The second-order valence-electron chi connectivity index (χ2n) is 5.48. The summed E-state index contributed by atoms with van der Waals surface area (Å²) in [6.07, 6.45) is 5.81. The van der Waals surface area contributed by atoms with E-state index in [9.17, 15) is 0 Å². The van der Waals surface area contributed by atoms with Crippen LogP contribution >= 0.6 is 11.3 Å². The first kappa shape index (κ1) is 15.6. The second-order valence-corrected chi connectivity index (χ2v) is 6.34. The highest BCUT2D eigenvalue weighted by Crippen LogP contribution is 2.24. The van der Waals surface area contributed by atoms with Gasteiger partial charge in [0, 0.05) is 30.7 Å². The molecule has 0 saturated carbocycles. The van der Waals surface area contributed by atoms with Crippen LogP contribution < -0.4 is 5.32 Å². The fraction of sp³-hybridized carbons (Fsp3) is 0.250. The van der Waals surface area contributed by atoms with Crippen LogP contribution in [0.4, 0.5) is 5.82 Å². The molecule has 8 nitrogen and oxygen atoms in total. The molecule has 0 radical (unpaired) electrons. The molecule has 126 valence electrons. The van der Waals surface area contributed by atoms with Crippen molar-refractivity contribution < 1.29 is 4.52 Å². The number of nitrogens with one attached hydrogen (secondary N) is 1. The van der Waals surface area contributed by atoms with Crippen LogP contribution in [0.25, 0.3) is 21.8 Å². The highest BCUT2D eigenvalue weighted by Gasteiger charge is 2.13. The van der Waals surface area contributed by atoms with Crippen molar-refractivity contribution in [2.45, 2.75) is 20.3 Å². The predicted octanol–water partition coefficient (Wildman–Crippen LogP) is 2.80. The molecular weight excluding hydrogens is 338 g/mol. The van der Waals surface area contributed by atoms with E-state index in [2.05, 4.69) is 35.4 Å². The fourth-order valence-electron chi connectivity index (χ4n) is 2.48. The third kappa shape index (κ3) is 3.18. The zero-order valence-corrected chi connectivity index (χ0v) is 14.5. The number of aryl methyl sites for hydroxylation is 2. The molecule has 0 aliphatic carbocycles. The Hall–Kier alpha value is -2.94. The molecule has 4 heterocycles. The van der Waals surface area contributed by atoms with E-state index in [1.165, 1.54) is 0 Å². The molecule has 0 saturated heterocycles. The molecule has 4 aromatic rings. The maximum absolute atomic E-state index is 5.22. The second kappa shape index (κ2) is 6.52. The van der Waals surface area contributed by atoms with E-state index in [0.717, 1.165) is 39.7 Å². The Balaban J connectivity index is 1.47. The normalized spacial score (nSPS) is 11.1. The number of hydrogen-bond acceptors (Lipinski definition) is 9. The summed E-state index contributed by atoms with van der Waals surface area (Å²) in [5.74, 6) is 1.38. The van der Waals surface area contributed by atoms with E-state index in [4.69, 9.17) is 4.52 Å². The topological polar surface area (TPSA) is 103 Å². The average molecular weight is 353 g/mol. The fourth-order valence-corrected chi connectivity index (χ4v) is 3.30. The molecule has 0 aliphatic rings. The van der Waals surface area contributed by atoms with Crippen LogP contribution in [0.15, 0.2) is 28.5 Å². The van der Waals surface area contributed by atoms with Crippen molar-refractivity contribution in [3.8, 4) is 10.7 Å². The van der Waals surface area contributed by atoms with Crippen LogP contribution in [0.5, 0.6) is 0 Å². The van der Waals surface area contributed by atoms with Gasteiger partial charge in [0.25, 0.3) is 5.71 Å². The van der Waals surface area contributed by atoms with E-state index < -0.39 is 0 Å². The zero-order valence-electron chi connectivity index (χ0n) is 13.7. The van der Waals surface area contributed by atoms with Gasteiger partial charge in [0.2, 0.25) is 0 Å². The zero-order chi connectivity index (χ0) is 17.2. The van der Waals surface area contributed by atoms with Crippen LogP contribution in [0.1, 0.15) is 17.2 Å². The molecule has 0 atom stereocenters. The van der Waals surface area contributed by atoms with Gasteiger partial charge in [-0.05, 0) is 13.8 Å². The third-order valence-corrected chi connectivity index (χ3v) is 4.54. The lowest BCUT2D eigenvalue weighted by molar-refractivity contribution is 0.442. The van der Waals surface area contributed by atoms with Crippen molar-refractivity contribution in [3.63, 3.8) is 0 Å². The summed E-state index contributed by atoms with van der Waals surface area (Å²) in [7, 11) is 0. The third-order valence-electron chi connectivity index (χ3n) is 3.63. The summed E-state index contributed by atoms with van der Waals surface area (Å²) >= 11 is 1.57. The van der Waals surface area contributed by atoms with Crippen LogP contribution in [0, 0.1) is 13.8 Å². The van der Waals surface area contributed by atoms with Crippen LogP contribution in [0.2, 0.25) is 0 Å². The Kier molecular flexibility index (Phi) is 4.06. The first-order valence-electron chi connectivity index (χ1n) is 7.76. The number of rotatable bonds is 5. The minimum absolute atomic E-state index is 0.506. The molecule has 9 heteroatoms. The van der Waals surface area contributed by atoms with E-state index >= 15 is 0 Å². The Morgan fingerprint density at radius 3 is 2.92 bits per heavy atom. The van der Waals surface area contributed by atoms with E-state index in [1.54, 1.807) is 29.9 Å². The molecule has 0 spiro atoms.